The number of carbonyl (C=O) groups excluding carboxylic acids is 1. The molecule has 0 aliphatic heterocycles. The second-order valence-electron chi connectivity index (χ2n) is 7.35. The summed E-state index contributed by atoms with van der Waals surface area (Å²) in [5, 5.41) is 10.3. The Morgan fingerprint density at radius 1 is 0.760 bits per heavy atom. The van der Waals surface area contributed by atoms with Gasteiger partial charge in [-0.3, -0.25) is 4.79 Å². The first kappa shape index (κ1) is 21.7. The zero-order valence-electron chi connectivity index (χ0n) is 16.5. The summed E-state index contributed by atoms with van der Waals surface area (Å²) in [4.78, 5) is 11.3. The van der Waals surface area contributed by atoms with Crippen molar-refractivity contribution in [2.75, 3.05) is 0 Å². The molecule has 0 fully saturated rings. The molecule has 0 amide bonds. The van der Waals surface area contributed by atoms with Crippen molar-refractivity contribution in [1.82, 2.24) is 0 Å². The minimum absolute atomic E-state index is 0.204. The molecule has 2 heteroatoms. The average molecular weight is 347 g/mol. The van der Waals surface area contributed by atoms with Crippen LogP contribution in [0, 0.1) is 0 Å². The lowest BCUT2D eigenvalue weighted by molar-refractivity contribution is 0.112. The molecule has 2 nitrogen and oxygen atoms in total. The summed E-state index contributed by atoms with van der Waals surface area (Å²) in [6.45, 7) is 4.47. The van der Waals surface area contributed by atoms with Crippen molar-refractivity contribution in [2.45, 2.75) is 104 Å². The SMILES string of the molecule is CCCCCCCCc1cc(C=O)c(O)c(CCCCCCCC)c1. The number of carbonyl (C=O) groups is 1. The molecule has 25 heavy (non-hydrogen) atoms. The Morgan fingerprint density at radius 2 is 1.28 bits per heavy atom. The predicted octanol–water partition coefficient (Wildman–Crippen LogP) is 7.01. The number of aryl methyl sites for hydroxylation is 2. The second kappa shape index (κ2) is 13.9. The zero-order chi connectivity index (χ0) is 18.3. The first-order valence-corrected chi connectivity index (χ1v) is 10.5. The summed E-state index contributed by atoms with van der Waals surface area (Å²) < 4.78 is 0. The van der Waals surface area contributed by atoms with Crippen LogP contribution in [0.1, 0.15) is 112 Å². The van der Waals surface area contributed by atoms with Crippen LogP contribution in [-0.4, -0.2) is 11.4 Å². The fraction of sp³-hybridized carbons (Fsp3) is 0.696. The number of hydrogen-bond acceptors (Lipinski definition) is 2. The van der Waals surface area contributed by atoms with Gasteiger partial charge >= 0.3 is 0 Å². The number of unbranched alkanes of at least 4 members (excludes halogenated alkanes) is 10. The van der Waals surface area contributed by atoms with Crippen LogP contribution in [0.3, 0.4) is 0 Å². The van der Waals surface area contributed by atoms with Gasteiger partial charge < -0.3 is 5.11 Å². The molecule has 0 unspecified atom stereocenters. The lowest BCUT2D eigenvalue weighted by Crippen LogP contribution is -1.96. The van der Waals surface area contributed by atoms with Gasteiger partial charge in [-0.05, 0) is 42.9 Å². The minimum Gasteiger partial charge on any atom is -0.507 e. The summed E-state index contributed by atoms with van der Waals surface area (Å²) >= 11 is 0. The van der Waals surface area contributed by atoms with Gasteiger partial charge in [0.25, 0.3) is 0 Å². The Morgan fingerprint density at radius 3 is 1.84 bits per heavy atom. The summed E-state index contributed by atoms with van der Waals surface area (Å²) in [5.74, 6) is 0.204. The molecule has 0 spiro atoms. The third-order valence-electron chi connectivity index (χ3n) is 5.02. The van der Waals surface area contributed by atoms with Gasteiger partial charge in [-0.15, -0.1) is 0 Å². The van der Waals surface area contributed by atoms with Gasteiger partial charge in [-0.25, -0.2) is 0 Å². The van der Waals surface area contributed by atoms with Gasteiger partial charge in [0, 0.05) is 0 Å². The van der Waals surface area contributed by atoms with Gasteiger partial charge in [-0.2, -0.15) is 0 Å². The quantitative estimate of drug-likeness (QED) is 0.274. The van der Waals surface area contributed by atoms with E-state index in [2.05, 4.69) is 19.9 Å². The molecule has 0 bridgehead atoms. The summed E-state index contributed by atoms with van der Waals surface area (Å²) in [6.07, 6.45) is 17.8. The molecule has 0 aliphatic carbocycles. The number of aldehydes is 1. The number of aromatic hydroxyl groups is 1. The maximum absolute atomic E-state index is 11.3. The number of phenols is 1. The van der Waals surface area contributed by atoms with Gasteiger partial charge in [-0.1, -0.05) is 84.1 Å². The highest BCUT2D eigenvalue weighted by atomic mass is 16.3. The van der Waals surface area contributed by atoms with E-state index in [1.165, 1.54) is 76.2 Å². The maximum atomic E-state index is 11.3. The van der Waals surface area contributed by atoms with Crippen LogP contribution in [-0.2, 0) is 12.8 Å². The molecule has 0 heterocycles. The normalized spacial score (nSPS) is 11.0. The molecule has 1 N–H and O–H groups in total. The molecule has 0 saturated heterocycles. The van der Waals surface area contributed by atoms with E-state index in [4.69, 9.17) is 0 Å². The minimum atomic E-state index is 0.204. The molecule has 0 radical (unpaired) electrons. The second-order valence-corrected chi connectivity index (χ2v) is 7.35. The van der Waals surface area contributed by atoms with Crippen molar-refractivity contribution in [3.63, 3.8) is 0 Å². The summed E-state index contributed by atoms with van der Waals surface area (Å²) in [5.41, 5.74) is 2.63. The lowest BCUT2D eigenvalue weighted by atomic mass is 9.96. The van der Waals surface area contributed by atoms with Gasteiger partial charge in [0.05, 0.1) is 5.56 Å². The molecule has 0 saturated carbocycles. The average Bonchev–Trinajstić information content (AvgIpc) is 2.62. The predicted molar refractivity (Wildman–Crippen MR) is 108 cm³/mol. The zero-order valence-corrected chi connectivity index (χ0v) is 16.5. The molecular weight excluding hydrogens is 308 g/mol. The van der Waals surface area contributed by atoms with Crippen molar-refractivity contribution in [2.24, 2.45) is 0 Å². The third-order valence-corrected chi connectivity index (χ3v) is 5.02. The number of benzene rings is 1. The number of hydrogen-bond donors (Lipinski definition) is 1. The third kappa shape index (κ3) is 9.09. The number of phenolic OH excluding ortho intramolecular Hbond substituents is 1. The van der Waals surface area contributed by atoms with E-state index < -0.39 is 0 Å². The van der Waals surface area contributed by atoms with E-state index in [9.17, 15) is 9.90 Å². The largest absolute Gasteiger partial charge is 0.507 e. The first-order valence-electron chi connectivity index (χ1n) is 10.5. The van der Waals surface area contributed by atoms with Crippen LogP contribution in [0.5, 0.6) is 5.75 Å². The van der Waals surface area contributed by atoms with E-state index in [0.29, 0.717) is 5.56 Å². The van der Waals surface area contributed by atoms with E-state index in [-0.39, 0.29) is 5.75 Å². The lowest BCUT2D eigenvalue weighted by Gasteiger charge is -2.11. The molecule has 1 aromatic carbocycles. The Labute approximate surface area is 155 Å². The highest BCUT2D eigenvalue weighted by Gasteiger charge is 2.09. The number of rotatable bonds is 15. The summed E-state index contributed by atoms with van der Waals surface area (Å²) in [6, 6.07) is 4.00. The molecular formula is C23H38O2. The van der Waals surface area contributed by atoms with E-state index >= 15 is 0 Å². The summed E-state index contributed by atoms with van der Waals surface area (Å²) in [7, 11) is 0. The molecule has 0 aliphatic rings. The van der Waals surface area contributed by atoms with Crippen LogP contribution in [0.2, 0.25) is 0 Å². The Balaban J connectivity index is 2.48. The standard InChI is InChI=1S/C23H38O2/c1-3-5-7-9-11-13-15-20-17-21(23(25)22(18-20)19-24)16-14-12-10-8-6-4-2/h17-19,25H,3-16H2,1-2H3. The van der Waals surface area contributed by atoms with Crippen molar-refractivity contribution in [1.29, 1.82) is 0 Å². The fourth-order valence-corrected chi connectivity index (χ4v) is 3.42. The topological polar surface area (TPSA) is 37.3 Å². The maximum Gasteiger partial charge on any atom is 0.153 e. The van der Waals surface area contributed by atoms with Crippen molar-refractivity contribution in [3.05, 3.63) is 28.8 Å². The van der Waals surface area contributed by atoms with Gasteiger partial charge in [0.2, 0.25) is 0 Å². The van der Waals surface area contributed by atoms with E-state index in [0.717, 1.165) is 31.1 Å². The Bertz CT molecular complexity index is 479. The van der Waals surface area contributed by atoms with Crippen LogP contribution in [0.25, 0.3) is 0 Å². The van der Waals surface area contributed by atoms with E-state index in [1.54, 1.807) is 0 Å². The van der Waals surface area contributed by atoms with Crippen LogP contribution in [0.15, 0.2) is 12.1 Å². The van der Waals surface area contributed by atoms with Crippen LogP contribution >= 0.6 is 0 Å². The smallest absolute Gasteiger partial charge is 0.153 e. The highest BCUT2D eigenvalue weighted by Crippen LogP contribution is 2.26. The van der Waals surface area contributed by atoms with Crippen LogP contribution in [0.4, 0.5) is 0 Å². The van der Waals surface area contributed by atoms with Crippen molar-refractivity contribution in [3.8, 4) is 5.75 Å². The highest BCUT2D eigenvalue weighted by molar-refractivity contribution is 5.80. The Hall–Kier alpha value is -1.31. The molecule has 0 aromatic heterocycles. The van der Waals surface area contributed by atoms with Gasteiger partial charge in [0.15, 0.2) is 6.29 Å². The molecule has 0 atom stereocenters. The van der Waals surface area contributed by atoms with Gasteiger partial charge in [0.1, 0.15) is 5.75 Å². The van der Waals surface area contributed by atoms with Crippen molar-refractivity contribution >= 4 is 6.29 Å². The van der Waals surface area contributed by atoms with E-state index in [1.807, 2.05) is 6.07 Å². The fourth-order valence-electron chi connectivity index (χ4n) is 3.42. The molecule has 1 aromatic rings. The first-order chi connectivity index (χ1) is 12.2. The molecule has 1 rings (SSSR count). The van der Waals surface area contributed by atoms with Crippen LogP contribution < -0.4 is 0 Å². The monoisotopic (exact) mass is 346 g/mol. The van der Waals surface area contributed by atoms with Crippen molar-refractivity contribution < 1.29 is 9.90 Å². The molecule has 142 valence electrons. The Kier molecular flexibility index (Phi) is 12.1.